The standard InChI is InChI=1S/C9H15O5P/c10-7-6-9(11)15(12,13,14)8-4-2-1-3-5-8/h1-5,9-14H,6-7H2. The van der Waals surface area contributed by atoms with Crippen LogP contribution in [0.15, 0.2) is 30.3 Å². The molecule has 5 nitrogen and oxygen atoms in total. The topological polar surface area (TPSA) is 101 Å². The summed E-state index contributed by atoms with van der Waals surface area (Å²) in [5, 5.41) is 17.9. The summed E-state index contributed by atoms with van der Waals surface area (Å²) in [4.78, 5) is 29.2. The monoisotopic (exact) mass is 234 g/mol. The van der Waals surface area contributed by atoms with Gasteiger partial charge >= 0.3 is 86.7 Å². The SMILES string of the molecule is OCCC(O)P(O)(O)(O)c1ccccc1. The Labute approximate surface area is 87.4 Å². The maximum absolute atomic E-state index is 9.73. The van der Waals surface area contributed by atoms with Crippen LogP contribution in [0.25, 0.3) is 0 Å². The van der Waals surface area contributed by atoms with Crippen molar-refractivity contribution >= 4 is 12.6 Å². The van der Waals surface area contributed by atoms with E-state index >= 15 is 0 Å². The van der Waals surface area contributed by atoms with E-state index in [1.807, 2.05) is 0 Å². The first-order valence-electron chi connectivity index (χ1n) is 4.48. The van der Waals surface area contributed by atoms with E-state index in [9.17, 15) is 19.8 Å². The zero-order chi connectivity index (χ0) is 11.6. The number of hydrogen-bond donors (Lipinski definition) is 5. The molecule has 0 spiro atoms. The summed E-state index contributed by atoms with van der Waals surface area (Å²) in [6, 6.07) is 7.32. The Hall–Kier alpha value is -0.550. The van der Waals surface area contributed by atoms with Crippen molar-refractivity contribution in [2.24, 2.45) is 0 Å². The first kappa shape index (κ1) is 12.5. The molecule has 1 aromatic rings. The number of aliphatic hydroxyl groups excluding tert-OH is 2. The van der Waals surface area contributed by atoms with Crippen LogP contribution >= 0.6 is 7.28 Å². The molecule has 15 heavy (non-hydrogen) atoms. The van der Waals surface area contributed by atoms with Gasteiger partial charge in [-0.25, -0.2) is 0 Å². The van der Waals surface area contributed by atoms with Crippen LogP contribution in [0, 0.1) is 0 Å². The molecular formula is C9H15O5P. The molecule has 0 saturated carbocycles. The molecule has 0 aromatic heterocycles. The van der Waals surface area contributed by atoms with Gasteiger partial charge in [-0.2, -0.15) is 0 Å². The third kappa shape index (κ3) is 2.52. The third-order valence-corrected chi connectivity index (χ3v) is 4.83. The molecule has 1 atom stereocenters. The Morgan fingerprint density at radius 3 is 2.07 bits per heavy atom. The van der Waals surface area contributed by atoms with Crippen LogP contribution in [0.4, 0.5) is 0 Å². The van der Waals surface area contributed by atoms with Crippen molar-refractivity contribution in [2.75, 3.05) is 6.61 Å². The average Bonchev–Trinajstić information content (AvgIpc) is 2.19. The molecule has 1 rings (SSSR count). The summed E-state index contributed by atoms with van der Waals surface area (Å²) >= 11 is 0. The maximum atomic E-state index is 9.73. The molecule has 0 aliphatic carbocycles. The molecule has 0 amide bonds. The van der Waals surface area contributed by atoms with Gasteiger partial charge in [0.15, 0.2) is 0 Å². The van der Waals surface area contributed by atoms with E-state index in [2.05, 4.69) is 0 Å². The molecule has 1 aromatic carbocycles. The van der Waals surface area contributed by atoms with Crippen molar-refractivity contribution in [1.82, 2.24) is 0 Å². The Morgan fingerprint density at radius 1 is 1.07 bits per heavy atom. The minimum absolute atomic E-state index is 0.121. The fraction of sp³-hybridized carbons (Fsp3) is 0.333. The van der Waals surface area contributed by atoms with E-state index in [1.165, 1.54) is 24.3 Å². The predicted octanol–water partition coefficient (Wildman–Crippen LogP) is -0.712. The fourth-order valence-corrected chi connectivity index (χ4v) is 2.92. The van der Waals surface area contributed by atoms with Crippen molar-refractivity contribution in [3.63, 3.8) is 0 Å². The Bertz CT molecular complexity index is 318. The van der Waals surface area contributed by atoms with Gasteiger partial charge in [0.1, 0.15) is 0 Å². The van der Waals surface area contributed by atoms with Crippen LogP contribution in [0.2, 0.25) is 0 Å². The second-order valence-electron chi connectivity index (χ2n) is 3.37. The average molecular weight is 234 g/mol. The van der Waals surface area contributed by atoms with Gasteiger partial charge in [0.2, 0.25) is 0 Å². The zero-order valence-electron chi connectivity index (χ0n) is 8.06. The van der Waals surface area contributed by atoms with Crippen molar-refractivity contribution in [3.05, 3.63) is 30.3 Å². The van der Waals surface area contributed by atoms with Gasteiger partial charge in [0, 0.05) is 0 Å². The van der Waals surface area contributed by atoms with E-state index in [0.717, 1.165) is 0 Å². The molecule has 0 heterocycles. The Morgan fingerprint density at radius 2 is 1.60 bits per heavy atom. The van der Waals surface area contributed by atoms with Crippen molar-refractivity contribution in [3.8, 4) is 0 Å². The van der Waals surface area contributed by atoms with Crippen molar-refractivity contribution in [2.45, 2.75) is 12.3 Å². The van der Waals surface area contributed by atoms with Gasteiger partial charge in [-0.05, 0) is 0 Å². The number of rotatable bonds is 4. The van der Waals surface area contributed by atoms with Crippen LogP contribution in [-0.4, -0.2) is 37.3 Å². The molecule has 0 saturated heterocycles. The quantitative estimate of drug-likeness (QED) is 0.443. The normalized spacial score (nSPS) is 16.7. The van der Waals surface area contributed by atoms with E-state index in [-0.39, 0.29) is 11.7 Å². The number of aliphatic hydroxyl groups is 2. The molecule has 5 N–H and O–H groups in total. The van der Waals surface area contributed by atoms with Gasteiger partial charge < -0.3 is 0 Å². The van der Waals surface area contributed by atoms with E-state index in [1.54, 1.807) is 6.07 Å². The first-order valence-corrected chi connectivity index (χ1v) is 6.64. The Balaban J connectivity index is 3.08. The second kappa shape index (κ2) is 4.14. The summed E-state index contributed by atoms with van der Waals surface area (Å²) < 4.78 is 0. The molecule has 6 heteroatoms. The van der Waals surface area contributed by atoms with E-state index in [0.29, 0.717) is 0 Å². The van der Waals surface area contributed by atoms with Gasteiger partial charge in [-0.3, -0.25) is 0 Å². The van der Waals surface area contributed by atoms with Gasteiger partial charge in [-0.1, -0.05) is 0 Å². The minimum atomic E-state index is -5.28. The first-order chi connectivity index (χ1) is 6.87. The van der Waals surface area contributed by atoms with Crippen LogP contribution in [0.3, 0.4) is 0 Å². The fourth-order valence-electron chi connectivity index (χ4n) is 1.24. The van der Waals surface area contributed by atoms with Crippen LogP contribution < -0.4 is 5.30 Å². The van der Waals surface area contributed by atoms with E-state index in [4.69, 9.17) is 5.11 Å². The number of hydrogen-bond acceptors (Lipinski definition) is 5. The van der Waals surface area contributed by atoms with Crippen molar-refractivity contribution < 1.29 is 24.9 Å². The van der Waals surface area contributed by atoms with E-state index < -0.39 is 19.7 Å². The molecule has 0 aliphatic heterocycles. The number of benzene rings is 1. The summed E-state index contributed by atoms with van der Waals surface area (Å²) in [6.07, 6.45) is -0.295. The van der Waals surface area contributed by atoms with Crippen LogP contribution in [-0.2, 0) is 0 Å². The molecule has 1 unspecified atom stereocenters. The molecule has 0 aliphatic rings. The van der Waals surface area contributed by atoms with Gasteiger partial charge in [-0.15, -0.1) is 0 Å². The molecule has 86 valence electrons. The summed E-state index contributed by atoms with van der Waals surface area (Å²) in [7, 11) is -5.28. The van der Waals surface area contributed by atoms with Gasteiger partial charge in [0.05, 0.1) is 0 Å². The predicted molar refractivity (Wildman–Crippen MR) is 57.4 cm³/mol. The van der Waals surface area contributed by atoms with Crippen molar-refractivity contribution in [1.29, 1.82) is 0 Å². The van der Waals surface area contributed by atoms with Crippen LogP contribution in [0.1, 0.15) is 6.42 Å². The summed E-state index contributed by atoms with van der Waals surface area (Å²) in [5.41, 5.74) is 0. The third-order valence-electron chi connectivity index (χ3n) is 2.19. The summed E-state index contributed by atoms with van der Waals surface area (Å²) in [5.74, 6) is -1.76. The molecule has 0 bridgehead atoms. The molecule has 0 radical (unpaired) electrons. The van der Waals surface area contributed by atoms with Gasteiger partial charge in [0.25, 0.3) is 0 Å². The summed E-state index contributed by atoms with van der Waals surface area (Å²) in [6.45, 7) is -0.437. The second-order valence-corrected chi connectivity index (χ2v) is 6.57. The molecular weight excluding hydrogens is 219 g/mol. The molecule has 0 fully saturated rings. The Kier molecular flexibility index (Phi) is 3.45. The van der Waals surface area contributed by atoms with Crippen LogP contribution in [0.5, 0.6) is 0 Å². The zero-order valence-corrected chi connectivity index (χ0v) is 8.96.